The Morgan fingerprint density at radius 3 is 2.78 bits per heavy atom. The number of benzene rings is 1. The highest BCUT2D eigenvalue weighted by Gasteiger charge is 2.28. The van der Waals surface area contributed by atoms with Crippen LogP contribution in [0.25, 0.3) is 0 Å². The summed E-state index contributed by atoms with van der Waals surface area (Å²) in [6, 6.07) is 8.07. The first-order chi connectivity index (χ1) is 12.9. The molecular weight excluding hydrogens is 340 g/mol. The van der Waals surface area contributed by atoms with Crippen molar-refractivity contribution in [1.29, 1.82) is 0 Å². The quantitative estimate of drug-likeness (QED) is 0.784. The van der Waals surface area contributed by atoms with Gasteiger partial charge in [-0.3, -0.25) is 4.79 Å². The zero-order valence-electron chi connectivity index (χ0n) is 16.8. The number of amides is 1. The minimum Gasteiger partial charge on any atom is -0.493 e. The SMILES string of the molecule is Cc1nc(C)n(C[C@H](C)C(=O)N2CCC[C@@H](COc3ccccc3C)C2)n1. The van der Waals surface area contributed by atoms with Crippen LogP contribution in [-0.2, 0) is 11.3 Å². The van der Waals surface area contributed by atoms with E-state index in [0.717, 1.165) is 48.9 Å². The van der Waals surface area contributed by atoms with Crippen LogP contribution in [0.5, 0.6) is 5.75 Å². The van der Waals surface area contributed by atoms with Crippen molar-refractivity contribution in [3.63, 3.8) is 0 Å². The Morgan fingerprint density at radius 1 is 1.30 bits per heavy atom. The van der Waals surface area contributed by atoms with Crippen LogP contribution in [0.15, 0.2) is 24.3 Å². The summed E-state index contributed by atoms with van der Waals surface area (Å²) in [6.07, 6.45) is 2.13. The fraction of sp³-hybridized carbons (Fsp3) is 0.571. The molecule has 1 aromatic carbocycles. The monoisotopic (exact) mass is 370 g/mol. The molecule has 0 bridgehead atoms. The molecule has 27 heavy (non-hydrogen) atoms. The number of likely N-dealkylation sites (tertiary alicyclic amines) is 1. The Kier molecular flexibility index (Phi) is 6.14. The number of hydrogen-bond acceptors (Lipinski definition) is 4. The molecule has 1 aliphatic heterocycles. The van der Waals surface area contributed by atoms with Gasteiger partial charge < -0.3 is 9.64 Å². The van der Waals surface area contributed by atoms with Crippen molar-refractivity contribution in [2.45, 2.75) is 47.1 Å². The Hall–Kier alpha value is -2.37. The highest BCUT2D eigenvalue weighted by Crippen LogP contribution is 2.22. The zero-order chi connectivity index (χ0) is 19.4. The summed E-state index contributed by atoms with van der Waals surface area (Å²) in [7, 11) is 0. The van der Waals surface area contributed by atoms with E-state index in [1.807, 2.05) is 48.6 Å². The molecular formula is C21H30N4O2. The lowest BCUT2D eigenvalue weighted by molar-refractivity contribution is -0.137. The second-order valence-electron chi connectivity index (χ2n) is 7.66. The lowest BCUT2D eigenvalue weighted by Gasteiger charge is -2.34. The fourth-order valence-electron chi connectivity index (χ4n) is 3.71. The third-order valence-corrected chi connectivity index (χ3v) is 5.23. The first-order valence-electron chi connectivity index (χ1n) is 9.79. The highest BCUT2D eigenvalue weighted by molar-refractivity contribution is 5.78. The van der Waals surface area contributed by atoms with Crippen molar-refractivity contribution in [1.82, 2.24) is 19.7 Å². The van der Waals surface area contributed by atoms with Gasteiger partial charge >= 0.3 is 0 Å². The molecule has 3 rings (SSSR count). The largest absolute Gasteiger partial charge is 0.493 e. The normalized spacial score (nSPS) is 18.4. The van der Waals surface area contributed by atoms with E-state index in [0.29, 0.717) is 19.1 Å². The van der Waals surface area contributed by atoms with Crippen LogP contribution in [-0.4, -0.2) is 45.3 Å². The van der Waals surface area contributed by atoms with E-state index in [9.17, 15) is 4.79 Å². The van der Waals surface area contributed by atoms with Crippen LogP contribution in [0.4, 0.5) is 0 Å². The summed E-state index contributed by atoms with van der Waals surface area (Å²) < 4.78 is 7.85. The van der Waals surface area contributed by atoms with E-state index in [1.54, 1.807) is 0 Å². The van der Waals surface area contributed by atoms with Gasteiger partial charge in [0.1, 0.15) is 17.4 Å². The molecule has 0 radical (unpaired) electrons. The Bertz CT molecular complexity index is 786. The molecule has 0 unspecified atom stereocenters. The van der Waals surface area contributed by atoms with E-state index < -0.39 is 0 Å². The molecule has 0 aliphatic carbocycles. The topological polar surface area (TPSA) is 60.2 Å². The molecule has 2 heterocycles. The van der Waals surface area contributed by atoms with Gasteiger partial charge in [-0.1, -0.05) is 25.1 Å². The number of carbonyl (C=O) groups excluding carboxylic acids is 1. The van der Waals surface area contributed by atoms with Crippen LogP contribution in [0.1, 0.15) is 37.0 Å². The van der Waals surface area contributed by atoms with E-state index in [4.69, 9.17) is 4.74 Å². The number of para-hydroxylation sites is 1. The predicted molar refractivity (Wildman–Crippen MR) is 105 cm³/mol. The Balaban J connectivity index is 1.54. The lowest BCUT2D eigenvalue weighted by Crippen LogP contribution is -2.44. The van der Waals surface area contributed by atoms with Gasteiger partial charge in [-0.05, 0) is 45.2 Å². The number of hydrogen-bond donors (Lipinski definition) is 0. The molecule has 146 valence electrons. The van der Waals surface area contributed by atoms with E-state index in [1.165, 1.54) is 0 Å². The summed E-state index contributed by atoms with van der Waals surface area (Å²) in [5.41, 5.74) is 1.15. The average Bonchev–Trinajstić information content (AvgIpc) is 2.97. The summed E-state index contributed by atoms with van der Waals surface area (Å²) in [4.78, 5) is 19.2. The predicted octanol–water partition coefficient (Wildman–Crippen LogP) is 3.16. The van der Waals surface area contributed by atoms with Crippen LogP contribution < -0.4 is 4.74 Å². The van der Waals surface area contributed by atoms with Gasteiger partial charge in [0.15, 0.2) is 0 Å². The maximum atomic E-state index is 12.9. The molecule has 6 nitrogen and oxygen atoms in total. The number of aromatic nitrogens is 3. The van der Waals surface area contributed by atoms with Gasteiger partial charge in [-0.15, -0.1) is 0 Å². The second-order valence-corrected chi connectivity index (χ2v) is 7.66. The second kappa shape index (κ2) is 8.55. The highest BCUT2D eigenvalue weighted by atomic mass is 16.5. The number of nitrogens with zero attached hydrogens (tertiary/aromatic N) is 4. The number of aryl methyl sites for hydroxylation is 3. The summed E-state index contributed by atoms with van der Waals surface area (Å²) in [5, 5.41) is 4.38. The van der Waals surface area contributed by atoms with E-state index in [2.05, 4.69) is 23.1 Å². The number of piperidine rings is 1. The van der Waals surface area contributed by atoms with Gasteiger partial charge in [-0.25, -0.2) is 9.67 Å². The molecule has 6 heteroatoms. The molecule has 1 aliphatic rings. The van der Waals surface area contributed by atoms with Crippen molar-refractivity contribution < 1.29 is 9.53 Å². The van der Waals surface area contributed by atoms with Crippen molar-refractivity contribution >= 4 is 5.91 Å². The van der Waals surface area contributed by atoms with Crippen LogP contribution >= 0.6 is 0 Å². The van der Waals surface area contributed by atoms with Crippen LogP contribution in [0.3, 0.4) is 0 Å². The molecule has 1 aromatic heterocycles. The summed E-state index contributed by atoms with van der Waals surface area (Å²) >= 11 is 0. The zero-order valence-corrected chi connectivity index (χ0v) is 16.8. The standard InChI is InChI=1S/C21H30N4O2/c1-15-8-5-6-10-20(15)27-14-19-9-7-11-24(13-19)21(26)16(2)12-25-18(4)22-17(3)23-25/h5-6,8,10,16,19H,7,9,11-14H2,1-4H3/t16-,19+/m0/s1. The average molecular weight is 370 g/mol. The van der Waals surface area contributed by atoms with Crippen molar-refractivity contribution in [2.75, 3.05) is 19.7 Å². The van der Waals surface area contributed by atoms with Gasteiger partial charge in [0.05, 0.1) is 19.1 Å². The van der Waals surface area contributed by atoms with Gasteiger partial charge in [0, 0.05) is 19.0 Å². The Morgan fingerprint density at radius 2 is 2.07 bits per heavy atom. The van der Waals surface area contributed by atoms with Crippen molar-refractivity contribution in [2.24, 2.45) is 11.8 Å². The van der Waals surface area contributed by atoms with E-state index in [-0.39, 0.29) is 11.8 Å². The minimum atomic E-state index is -0.110. The molecule has 1 fully saturated rings. The summed E-state index contributed by atoms with van der Waals surface area (Å²) in [6.45, 7) is 10.7. The maximum absolute atomic E-state index is 12.9. The molecule has 2 aromatic rings. The number of carbonyl (C=O) groups is 1. The molecule has 0 saturated carbocycles. The smallest absolute Gasteiger partial charge is 0.227 e. The molecule has 1 amide bonds. The van der Waals surface area contributed by atoms with E-state index >= 15 is 0 Å². The Labute approximate surface area is 161 Å². The summed E-state index contributed by atoms with van der Waals surface area (Å²) in [5.74, 6) is 3.01. The van der Waals surface area contributed by atoms with Gasteiger partial charge in [-0.2, -0.15) is 5.10 Å². The van der Waals surface area contributed by atoms with Gasteiger partial charge in [0.25, 0.3) is 0 Å². The maximum Gasteiger partial charge on any atom is 0.227 e. The number of rotatable bonds is 6. The first-order valence-corrected chi connectivity index (χ1v) is 9.79. The van der Waals surface area contributed by atoms with Crippen LogP contribution in [0.2, 0.25) is 0 Å². The van der Waals surface area contributed by atoms with Crippen molar-refractivity contribution in [3.8, 4) is 5.75 Å². The third kappa shape index (κ3) is 4.87. The van der Waals surface area contributed by atoms with Crippen molar-refractivity contribution in [3.05, 3.63) is 41.5 Å². The fourth-order valence-corrected chi connectivity index (χ4v) is 3.71. The van der Waals surface area contributed by atoms with Gasteiger partial charge in [0.2, 0.25) is 5.91 Å². The van der Waals surface area contributed by atoms with Crippen LogP contribution in [0, 0.1) is 32.6 Å². The minimum absolute atomic E-state index is 0.110. The number of ether oxygens (including phenoxy) is 1. The lowest BCUT2D eigenvalue weighted by atomic mass is 9.97. The molecule has 0 spiro atoms. The first kappa shape index (κ1) is 19.4. The molecule has 0 N–H and O–H groups in total. The third-order valence-electron chi connectivity index (χ3n) is 5.23. The molecule has 2 atom stereocenters. The molecule has 1 saturated heterocycles.